The summed E-state index contributed by atoms with van der Waals surface area (Å²) in [5, 5.41) is 14.6. The van der Waals surface area contributed by atoms with Gasteiger partial charge >= 0.3 is 12.0 Å². The van der Waals surface area contributed by atoms with Gasteiger partial charge in [0.25, 0.3) is 5.91 Å². The molecule has 1 aliphatic rings. The molecule has 0 spiro atoms. The maximum atomic E-state index is 12.4. The SMILES string of the molecule is CCOC(=O)CNC(=O)N1CCC[C@@H](c2nnc(C(=O)Nc3ccccc3)s2)C1. The second-order valence-electron chi connectivity index (χ2n) is 6.51. The van der Waals surface area contributed by atoms with Crippen molar-refractivity contribution in [1.29, 1.82) is 0 Å². The normalized spacial score (nSPS) is 16.2. The Labute approximate surface area is 172 Å². The molecule has 10 heteroatoms. The molecular weight excluding hydrogens is 394 g/mol. The van der Waals surface area contributed by atoms with Crippen LogP contribution in [0.3, 0.4) is 0 Å². The third kappa shape index (κ3) is 5.74. The molecule has 3 rings (SSSR count). The number of benzene rings is 1. The summed E-state index contributed by atoms with van der Waals surface area (Å²) in [5.74, 6) is -0.764. The average molecular weight is 417 g/mol. The minimum Gasteiger partial charge on any atom is -0.465 e. The van der Waals surface area contributed by atoms with Crippen LogP contribution in [-0.4, -0.2) is 59.2 Å². The zero-order valence-electron chi connectivity index (χ0n) is 16.1. The van der Waals surface area contributed by atoms with Crippen molar-refractivity contribution in [3.63, 3.8) is 0 Å². The van der Waals surface area contributed by atoms with E-state index >= 15 is 0 Å². The van der Waals surface area contributed by atoms with Gasteiger partial charge < -0.3 is 20.3 Å². The Kier molecular flexibility index (Phi) is 7.12. The average Bonchev–Trinajstić information content (AvgIpc) is 3.24. The van der Waals surface area contributed by atoms with Crippen molar-refractivity contribution < 1.29 is 19.1 Å². The first-order valence-electron chi connectivity index (χ1n) is 9.45. The lowest BCUT2D eigenvalue weighted by atomic mass is 9.99. The van der Waals surface area contributed by atoms with E-state index in [-0.39, 0.29) is 36.0 Å². The van der Waals surface area contributed by atoms with Gasteiger partial charge in [-0.15, -0.1) is 10.2 Å². The van der Waals surface area contributed by atoms with Gasteiger partial charge in [-0.1, -0.05) is 29.5 Å². The second kappa shape index (κ2) is 9.97. The van der Waals surface area contributed by atoms with Crippen LogP contribution in [-0.2, 0) is 9.53 Å². The van der Waals surface area contributed by atoms with Crippen molar-refractivity contribution in [2.75, 3.05) is 31.6 Å². The summed E-state index contributed by atoms with van der Waals surface area (Å²) >= 11 is 1.24. The maximum absolute atomic E-state index is 12.4. The Morgan fingerprint density at radius 1 is 1.24 bits per heavy atom. The summed E-state index contributed by atoms with van der Waals surface area (Å²) in [6.45, 7) is 2.90. The number of piperidine rings is 1. The van der Waals surface area contributed by atoms with Crippen LogP contribution < -0.4 is 10.6 Å². The third-order valence-corrected chi connectivity index (χ3v) is 5.50. The number of nitrogens with zero attached hydrogens (tertiary/aromatic N) is 3. The molecule has 29 heavy (non-hydrogen) atoms. The topological polar surface area (TPSA) is 114 Å². The van der Waals surface area contributed by atoms with Crippen LogP contribution in [0.25, 0.3) is 0 Å². The van der Waals surface area contributed by atoms with E-state index in [1.807, 2.05) is 18.2 Å². The highest BCUT2D eigenvalue weighted by molar-refractivity contribution is 7.13. The zero-order valence-corrected chi connectivity index (χ0v) is 16.9. The molecular formula is C19H23N5O4S. The van der Waals surface area contributed by atoms with Crippen molar-refractivity contribution >= 4 is 34.9 Å². The number of urea groups is 1. The van der Waals surface area contributed by atoms with Gasteiger partial charge in [0.1, 0.15) is 11.6 Å². The molecule has 1 fully saturated rings. The van der Waals surface area contributed by atoms with Crippen LogP contribution in [0.5, 0.6) is 0 Å². The largest absolute Gasteiger partial charge is 0.465 e. The molecule has 1 aromatic carbocycles. The monoisotopic (exact) mass is 417 g/mol. The van der Waals surface area contributed by atoms with Gasteiger partial charge in [0.05, 0.1) is 6.61 Å². The number of carbonyl (C=O) groups excluding carboxylic acids is 3. The van der Waals surface area contributed by atoms with Crippen molar-refractivity contribution in [2.45, 2.75) is 25.7 Å². The molecule has 2 heterocycles. The molecule has 1 aliphatic heterocycles. The first-order chi connectivity index (χ1) is 14.1. The van der Waals surface area contributed by atoms with Crippen LogP contribution in [0.2, 0.25) is 0 Å². The first-order valence-corrected chi connectivity index (χ1v) is 10.3. The van der Waals surface area contributed by atoms with Crippen LogP contribution in [0.15, 0.2) is 30.3 Å². The lowest BCUT2D eigenvalue weighted by Crippen LogP contribution is -2.46. The van der Waals surface area contributed by atoms with Crippen LogP contribution in [0.1, 0.15) is 40.5 Å². The van der Waals surface area contributed by atoms with E-state index in [1.165, 1.54) is 11.3 Å². The predicted octanol–water partition coefficient (Wildman–Crippen LogP) is 2.24. The predicted molar refractivity (Wildman–Crippen MR) is 108 cm³/mol. The summed E-state index contributed by atoms with van der Waals surface area (Å²) in [5.41, 5.74) is 0.691. The van der Waals surface area contributed by atoms with Crippen LogP contribution in [0, 0.1) is 0 Å². The van der Waals surface area contributed by atoms with E-state index in [4.69, 9.17) is 4.74 Å². The molecule has 1 saturated heterocycles. The summed E-state index contributed by atoms with van der Waals surface area (Å²) in [6.07, 6.45) is 1.67. The van der Waals surface area contributed by atoms with Crippen molar-refractivity contribution in [1.82, 2.24) is 20.4 Å². The fourth-order valence-electron chi connectivity index (χ4n) is 3.03. The minimum atomic E-state index is -0.465. The number of para-hydroxylation sites is 1. The summed E-state index contributed by atoms with van der Waals surface area (Å²) < 4.78 is 4.81. The highest BCUT2D eigenvalue weighted by Gasteiger charge is 2.28. The third-order valence-electron chi connectivity index (χ3n) is 4.41. The van der Waals surface area contributed by atoms with E-state index in [0.717, 1.165) is 17.8 Å². The molecule has 0 radical (unpaired) electrons. The molecule has 2 N–H and O–H groups in total. The number of nitrogens with one attached hydrogen (secondary N) is 2. The molecule has 0 saturated carbocycles. The lowest BCUT2D eigenvalue weighted by Gasteiger charge is -2.31. The van der Waals surface area contributed by atoms with Gasteiger partial charge in [0.15, 0.2) is 0 Å². The Bertz CT molecular complexity index is 857. The number of rotatable bonds is 6. The highest BCUT2D eigenvalue weighted by atomic mass is 32.1. The molecule has 9 nitrogen and oxygen atoms in total. The number of amides is 3. The lowest BCUT2D eigenvalue weighted by molar-refractivity contribution is -0.141. The molecule has 1 atom stereocenters. The Morgan fingerprint density at radius 3 is 2.79 bits per heavy atom. The number of aromatic nitrogens is 2. The quantitative estimate of drug-likeness (QED) is 0.697. The molecule has 154 valence electrons. The zero-order chi connectivity index (χ0) is 20.6. The fourth-order valence-corrected chi connectivity index (χ4v) is 3.90. The molecule has 3 amide bonds. The van der Waals surface area contributed by atoms with Crippen molar-refractivity contribution in [3.8, 4) is 0 Å². The van der Waals surface area contributed by atoms with Crippen LogP contribution >= 0.6 is 11.3 Å². The number of carbonyl (C=O) groups is 3. The standard InChI is InChI=1S/C19H23N5O4S/c1-2-28-15(25)11-20-19(27)24-10-6-7-13(12-24)17-22-23-18(29-17)16(26)21-14-8-4-3-5-9-14/h3-5,8-9,13H,2,6-7,10-12H2,1H3,(H,20,27)(H,21,26)/t13-/m1/s1. The molecule has 0 aliphatic carbocycles. The molecule has 1 aromatic heterocycles. The van der Waals surface area contributed by atoms with Gasteiger partial charge in [-0.2, -0.15) is 0 Å². The Hall–Kier alpha value is -3.01. The second-order valence-corrected chi connectivity index (χ2v) is 7.52. The van der Waals surface area contributed by atoms with Crippen molar-refractivity contribution in [2.24, 2.45) is 0 Å². The number of hydrogen-bond acceptors (Lipinski definition) is 7. The number of anilines is 1. The van der Waals surface area contributed by atoms with E-state index < -0.39 is 5.97 Å². The van der Waals surface area contributed by atoms with Gasteiger partial charge in [0, 0.05) is 24.7 Å². The van der Waals surface area contributed by atoms with Crippen LogP contribution in [0.4, 0.5) is 10.5 Å². The smallest absolute Gasteiger partial charge is 0.325 e. The fraction of sp³-hybridized carbons (Fsp3) is 0.421. The first kappa shape index (κ1) is 20.7. The van der Waals surface area contributed by atoms with Gasteiger partial charge in [-0.05, 0) is 31.9 Å². The minimum absolute atomic E-state index is 0.00729. The molecule has 0 unspecified atom stereocenters. The number of likely N-dealkylation sites (tertiary alicyclic amines) is 1. The maximum Gasteiger partial charge on any atom is 0.325 e. The molecule has 0 bridgehead atoms. The van der Waals surface area contributed by atoms with E-state index in [0.29, 0.717) is 18.8 Å². The van der Waals surface area contributed by atoms with E-state index in [2.05, 4.69) is 20.8 Å². The summed E-state index contributed by atoms with van der Waals surface area (Å²) in [6, 6.07) is 8.84. The van der Waals surface area contributed by atoms with E-state index in [9.17, 15) is 14.4 Å². The number of ether oxygens (including phenoxy) is 1. The van der Waals surface area contributed by atoms with Crippen molar-refractivity contribution in [3.05, 3.63) is 40.3 Å². The summed E-state index contributed by atoms with van der Waals surface area (Å²) in [7, 11) is 0. The van der Waals surface area contributed by atoms with Gasteiger partial charge in [-0.25, -0.2) is 4.79 Å². The number of hydrogen-bond donors (Lipinski definition) is 2. The van der Waals surface area contributed by atoms with Gasteiger partial charge in [-0.3, -0.25) is 9.59 Å². The number of esters is 1. The van der Waals surface area contributed by atoms with E-state index in [1.54, 1.807) is 24.0 Å². The summed E-state index contributed by atoms with van der Waals surface area (Å²) in [4.78, 5) is 37.7. The Morgan fingerprint density at radius 2 is 2.03 bits per heavy atom. The molecule has 2 aromatic rings. The Balaban J connectivity index is 1.56. The highest BCUT2D eigenvalue weighted by Crippen LogP contribution is 2.29. The van der Waals surface area contributed by atoms with Gasteiger partial charge in [0.2, 0.25) is 5.01 Å².